The van der Waals surface area contributed by atoms with E-state index in [0.29, 0.717) is 5.56 Å². The lowest BCUT2D eigenvalue weighted by Gasteiger charge is -2.04. The van der Waals surface area contributed by atoms with Crippen LogP contribution in [0.2, 0.25) is 0 Å². The predicted molar refractivity (Wildman–Crippen MR) is 66.1 cm³/mol. The van der Waals surface area contributed by atoms with Crippen LogP contribution in [0.1, 0.15) is 21.6 Å². The second kappa shape index (κ2) is 5.01. The third kappa shape index (κ3) is 2.26. The Morgan fingerprint density at radius 1 is 1.39 bits per heavy atom. The topological polar surface area (TPSA) is 75.4 Å². The standard InChI is InChI=1S/C13H14N2O3/c1-9-4-2-3-5-11(9)15-8-10(6-7-16)12(14-15)13(17)18/h2-5,8,16H,6-7H2,1H3,(H,17,18). The largest absolute Gasteiger partial charge is 0.476 e. The van der Waals surface area contributed by atoms with Gasteiger partial charge in [-0.25, -0.2) is 9.48 Å². The Labute approximate surface area is 104 Å². The lowest BCUT2D eigenvalue weighted by atomic mass is 10.2. The van der Waals surface area contributed by atoms with Gasteiger partial charge in [-0.1, -0.05) is 18.2 Å². The Balaban J connectivity index is 2.50. The molecule has 1 aromatic carbocycles. The van der Waals surface area contributed by atoms with E-state index in [1.165, 1.54) is 0 Å². The van der Waals surface area contributed by atoms with Crippen LogP contribution in [0.4, 0.5) is 0 Å². The molecular formula is C13H14N2O3. The van der Waals surface area contributed by atoms with E-state index in [9.17, 15) is 4.79 Å². The maximum atomic E-state index is 11.1. The maximum absolute atomic E-state index is 11.1. The van der Waals surface area contributed by atoms with Gasteiger partial charge in [-0.05, 0) is 25.0 Å². The Morgan fingerprint density at radius 2 is 2.11 bits per heavy atom. The van der Waals surface area contributed by atoms with Crippen LogP contribution >= 0.6 is 0 Å². The highest BCUT2D eigenvalue weighted by atomic mass is 16.4. The van der Waals surface area contributed by atoms with Crippen molar-refractivity contribution in [2.75, 3.05) is 6.61 Å². The van der Waals surface area contributed by atoms with Crippen molar-refractivity contribution < 1.29 is 15.0 Å². The van der Waals surface area contributed by atoms with Crippen LogP contribution in [0.15, 0.2) is 30.5 Å². The highest BCUT2D eigenvalue weighted by Gasteiger charge is 2.16. The average molecular weight is 246 g/mol. The van der Waals surface area contributed by atoms with Crippen molar-refractivity contribution in [3.63, 3.8) is 0 Å². The number of aliphatic hydroxyl groups is 1. The molecule has 18 heavy (non-hydrogen) atoms. The molecule has 0 unspecified atom stereocenters. The van der Waals surface area contributed by atoms with Crippen molar-refractivity contribution in [3.8, 4) is 5.69 Å². The van der Waals surface area contributed by atoms with Gasteiger partial charge in [0.1, 0.15) is 0 Å². The quantitative estimate of drug-likeness (QED) is 0.855. The molecule has 0 atom stereocenters. The zero-order chi connectivity index (χ0) is 13.1. The smallest absolute Gasteiger partial charge is 0.356 e. The van der Waals surface area contributed by atoms with Crippen LogP contribution in [0.25, 0.3) is 5.69 Å². The van der Waals surface area contributed by atoms with Gasteiger partial charge in [-0.2, -0.15) is 5.10 Å². The predicted octanol–water partition coefficient (Wildman–Crippen LogP) is 1.41. The number of aliphatic hydroxyl groups excluding tert-OH is 1. The van der Waals surface area contributed by atoms with Crippen molar-refractivity contribution in [2.24, 2.45) is 0 Å². The van der Waals surface area contributed by atoms with Gasteiger partial charge in [-0.15, -0.1) is 0 Å². The van der Waals surface area contributed by atoms with Crippen LogP contribution in [0, 0.1) is 6.92 Å². The van der Waals surface area contributed by atoms with Gasteiger partial charge in [0.05, 0.1) is 5.69 Å². The van der Waals surface area contributed by atoms with Crippen molar-refractivity contribution >= 4 is 5.97 Å². The number of carboxylic acid groups (broad SMARTS) is 1. The molecule has 1 heterocycles. The van der Waals surface area contributed by atoms with Gasteiger partial charge >= 0.3 is 5.97 Å². The average Bonchev–Trinajstić information content (AvgIpc) is 2.74. The zero-order valence-electron chi connectivity index (χ0n) is 10.00. The molecule has 0 radical (unpaired) electrons. The highest BCUT2D eigenvalue weighted by Crippen LogP contribution is 2.16. The molecule has 0 spiro atoms. The van der Waals surface area contributed by atoms with E-state index < -0.39 is 5.97 Å². The number of rotatable bonds is 4. The Bertz CT molecular complexity index is 575. The van der Waals surface area contributed by atoms with Gasteiger partial charge in [0.2, 0.25) is 0 Å². The number of aromatic nitrogens is 2. The summed E-state index contributed by atoms with van der Waals surface area (Å²) >= 11 is 0. The van der Waals surface area contributed by atoms with E-state index in [1.807, 2.05) is 31.2 Å². The molecule has 5 heteroatoms. The van der Waals surface area contributed by atoms with Crippen molar-refractivity contribution in [3.05, 3.63) is 47.3 Å². The first kappa shape index (κ1) is 12.3. The maximum Gasteiger partial charge on any atom is 0.356 e. The number of hydrogen-bond acceptors (Lipinski definition) is 3. The summed E-state index contributed by atoms with van der Waals surface area (Å²) in [7, 11) is 0. The van der Waals surface area contributed by atoms with Crippen LogP contribution in [-0.2, 0) is 6.42 Å². The van der Waals surface area contributed by atoms with Gasteiger partial charge < -0.3 is 10.2 Å². The number of nitrogens with zero attached hydrogens (tertiary/aromatic N) is 2. The normalized spacial score (nSPS) is 10.6. The molecule has 2 aromatic rings. The number of hydrogen-bond donors (Lipinski definition) is 2. The Kier molecular flexibility index (Phi) is 3.43. The first-order valence-corrected chi connectivity index (χ1v) is 5.62. The fraction of sp³-hybridized carbons (Fsp3) is 0.231. The van der Waals surface area contributed by atoms with E-state index in [4.69, 9.17) is 10.2 Å². The second-order valence-electron chi connectivity index (χ2n) is 4.01. The van der Waals surface area contributed by atoms with E-state index in [2.05, 4.69) is 5.10 Å². The molecule has 0 saturated heterocycles. The third-order valence-electron chi connectivity index (χ3n) is 2.74. The molecule has 2 rings (SSSR count). The molecule has 1 aromatic heterocycles. The fourth-order valence-corrected chi connectivity index (χ4v) is 1.84. The number of para-hydroxylation sites is 1. The first-order chi connectivity index (χ1) is 8.63. The summed E-state index contributed by atoms with van der Waals surface area (Å²) in [5, 5.41) is 22.1. The summed E-state index contributed by atoms with van der Waals surface area (Å²) in [5.74, 6) is -1.08. The summed E-state index contributed by atoms with van der Waals surface area (Å²) in [6, 6.07) is 7.59. The van der Waals surface area contributed by atoms with Crippen molar-refractivity contribution in [1.29, 1.82) is 0 Å². The summed E-state index contributed by atoms with van der Waals surface area (Å²) in [6.07, 6.45) is 1.94. The Hall–Kier alpha value is -2.14. The van der Waals surface area contributed by atoms with Gasteiger partial charge in [0.15, 0.2) is 5.69 Å². The van der Waals surface area contributed by atoms with Crippen LogP contribution < -0.4 is 0 Å². The zero-order valence-corrected chi connectivity index (χ0v) is 10.00. The van der Waals surface area contributed by atoms with Crippen LogP contribution in [0.5, 0.6) is 0 Å². The van der Waals surface area contributed by atoms with Crippen molar-refractivity contribution in [2.45, 2.75) is 13.3 Å². The number of benzene rings is 1. The summed E-state index contributed by atoms with van der Waals surface area (Å²) in [5.41, 5.74) is 2.37. The minimum atomic E-state index is -1.08. The molecule has 0 bridgehead atoms. The molecule has 0 saturated carbocycles. The van der Waals surface area contributed by atoms with Crippen LogP contribution in [-0.4, -0.2) is 32.6 Å². The summed E-state index contributed by atoms with van der Waals surface area (Å²) in [4.78, 5) is 11.1. The molecule has 2 N–H and O–H groups in total. The highest BCUT2D eigenvalue weighted by molar-refractivity contribution is 5.87. The number of carboxylic acids is 1. The van der Waals surface area contributed by atoms with E-state index in [0.717, 1.165) is 11.3 Å². The molecule has 0 aliphatic heterocycles. The first-order valence-electron chi connectivity index (χ1n) is 5.62. The van der Waals surface area contributed by atoms with E-state index in [-0.39, 0.29) is 18.7 Å². The van der Waals surface area contributed by atoms with Gasteiger partial charge in [0.25, 0.3) is 0 Å². The Morgan fingerprint density at radius 3 is 2.72 bits per heavy atom. The lowest BCUT2D eigenvalue weighted by Crippen LogP contribution is -2.04. The number of aromatic carboxylic acids is 1. The molecular weight excluding hydrogens is 232 g/mol. The monoisotopic (exact) mass is 246 g/mol. The minimum Gasteiger partial charge on any atom is -0.476 e. The number of aryl methyl sites for hydroxylation is 1. The van der Waals surface area contributed by atoms with E-state index in [1.54, 1.807) is 10.9 Å². The SMILES string of the molecule is Cc1ccccc1-n1cc(CCO)c(C(=O)O)n1. The van der Waals surface area contributed by atoms with Gasteiger partial charge in [-0.3, -0.25) is 0 Å². The number of carbonyl (C=O) groups is 1. The minimum absolute atomic E-state index is 0.00713. The van der Waals surface area contributed by atoms with E-state index >= 15 is 0 Å². The van der Waals surface area contributed by atoms with Crippen molar-refractivity contribution in [1.82, 2.24) is 9.78 Å². The molecule has 5 nitrogen and oxygen atoms in total. The second-order valence-corrected chi connectivity index (χ2v) is 4.01. The van der Waals surface area contributed by atoms with Crippen LogP contribution in [0.3, 0.4) is 0 Å². The van der Waals surface area contributed by atoms with Gasteiger partial charge in [0, 0.05) is 18.4 Å². The molecule has 0 fully saturated rings. The summed E-state index contributed by atoms with van der Waals surface area (Å²) in [6.45, 7) is 1.84. The fourth-order valence-electron chi connectivity index (χ4n) is 1.84. The molecule has 0 aliphatic rings. The molecule has 94 valence electrons. The molecule has 0 aliphatic carbocycles. The molecule has 0 amide bonds. The third-order valence-corrected chi connectivity index (χ3v) is 2.74. The lowest BCUT2D eigenvalue weighted by molar-refractivity contribution is 0.0688. The summed E-state index contributed by atoms with van der Waals surface area (Å²) < 4.78 is 1.55.